The number of hydrogen-bond acceptors (Lipinski definition) is 3. The van der Waals surface area contributed by atoms with Crippen molar-refractivity contribution in [1.82, 2.24) is 9.80 Å². The fourth-order valence-electron chi connectivity index (χ4n) is 3.91. The Labute approximate surface area is 176 Å². The molecule has 152 valence electrons. The van der Waals surface area contributed by atoms with Gasteiger partial charge in [0.05, 0.1) is 0 Å². The van der Waals surface area contributed by atoms with E-state index >= 15 is 0 Å². The van der Waals surface area contributed by atoms with E-state index in [9.17, 15) is 9.59 Å². The van der Waals surface area contributed by atoms with Crippen LogP contribution >= 0.6 is 11.8 Å². The Kier molecular flexibility index (Phi) is 6.09. The summed E-state index contributed by atoms with van der Waals surface area (Å²) in [6, 6.07) is 18.4. The van der Waals surface area contributed by atoms with Gasteiger partial charge in [-0.25, -0.2) is 4.79 Å². The lowest BCUT2D eigenvalue weighted by atomic mass is 10.1. The third kappa shape index (κ3) is 4.58. The Bertz CT molecular complexity index is 856. The molecule has 1 unspecified atom stereocenters. The number of benzene rings is 2. The fraction of sp³-hybridized carbons (Fsp3) is 0.391. The zero-order valence-corrected chi connectivity index (χ0v) is 17.6. The van der Waals surface area contributed by atoms with Crippen LogP contribution < -0.4 is 4.90 Å². The maximum atomic E-state index is 12.9. The highest BCUT2D eigenvalue weighted by molar-refractivity contribution is 7.99. The van der Waals surface area contributed by atoms with Gasteiger partial charge in [-0.1, -0.05) is 48.0 Å². The van der Waals surface area contributed by atoms with Crippen molar-refractivity contribution in [2.75, 3.05) is 43.4 Å². The first-order valence-corrected chi connectivity index (χ1v) is 11.2. The average Bonchev–Trinajstić information content (AvgIpc) is 2.95. The molecular weight excluding hydrogens is 382 g/mol. The molecule has 4 rings (SSSR count). The standard InChI is InChI=1S/C23H27N3O2S/c1-18-7-9-20(10-8-18)26-14-13-25(23(26)28)17-22(27)24-12-11-21(29-16-15-24)19-5-3-2-4-6-19/h2-10,21H,11-17H2,1H3. The highest BCUT2D eigenvalue weighted by atomic mass is 32.2. The van der Waals surface area contributed by atoms with Crippen LogP contribution in [0.1, 0.15) is 22.8 Å². The molecule has 0 N–H and O–H groups in total. The molecule has 0 saturated carbocycles. The number of aryl methyl sites for hydroxylation is 1. The van der Waals surface area contributed by atoms with Gasteiger partial charge < -0.3 is 9.80 Å². The predicted octanol–water partition coefficient (Wildman–Crippen LogP) is 3.94. The molecule has 0 radical (unpaired) electrons. The first-order valence-electron chi connectivity index (χ1n) is 10.2. The summed E-state index contributed by atoms with van der Waals surface area (Å²) in [6.45, 7) is 4.91. The topological polar surface area (TPSA) is 43.9 Å². The molecular formula is C23H27N3O2S. The molecule has 5 nitrogen and oxygen atoms in total. The number of carbonyl (C=O) groups is 2. The molecule has 2 saturated heterocycles. The lowest BCUT2D eigenvalue weighted by Crippen LogP contribution is -2.43. The molecule has 2 aromatic rings. The van der Waals surface area contributed by atoms with Crippen molar-refractivity contribution in [1.29, 1.82) is 0 Å². The highest BCUT2D eigenvalue weighted by Gasteiger charge is 2.32. The van der Waals surface area contributed by atoms with Gasteiger partial charge in [0.25, 0.3) is 0 Å². The van der Waals surface area contributed by atoms with Crippen LogP contribution in [0.15, 0.2) is 54.6 Å². The molecule has 2 aliphatic heterocycles. The van der Waals surface area contributed by atoms with Gasteiger partial charge in [0, 0.05) is 42.9 Å². The first-order chi connectivity index (χ1) is 14.1. The van der Waals surface area contributed by atoms with Gasteiger partial charge in [0.2, 0.25) is 5.91 Å². The van der Waals surface area contributed by atoms with Gasteiger partial charge in [0.15, 0.2) is 0 Å². The summed E-state index contributed by atoms with van der Waals surface area (Å²) in [6.07, 6.45) is 0.948. The summed E-state index contributed by atoms with van der Waals surface area (Å²) in [7, 11) is 0. The third-order valence-corrected chi connectivity index (χ3v) is 6.96. The average molecular weight is 410 g/mol. The molecule has 0 aliphatic carbocycles. The van der Waals surface area contributed by atoms with Crippen LogP contribution in [0.4, 0.5) is 10.5 Å². The smallest absolute Gasteiger partial charge is 0.325 e. The Morgan fingerprint density at radius 2 is 1.76 bits per heavy atom. The summed E-state index contributed by atoms with van der Waals surface area (Å²) in [5.74, 6) is 0.979. The van der Waals surface area contributed by atoms with Gasteiger partial charge >= 0.3 is 6.03 Å². The van der Waals surface area contributed by atoms with Crippen LogP contribution in [-0.2, 0) is 4.79 Å². The van der Waals surface area contributed by atoms with Crippen LogP contribution in [0.25, 0.3) is 0 Å². The maximum Gasteiger partial charge on any atom is 0.325 e. The third-order valence-electron chi connectivity index (χ3n) is 5.63. The second-order valence-corrected chi connectivity index (χ2v) is 8.94. The Balaban J connectivity index is 1.33. The molecule has 0 bridgehead atoms. The van der Waals surface area contributed by atoms with Gasteiger partial charge in [-0.05, 0) is 31.0 Å². The van der Waals surface area contributed by atoms with Crippen molar-refractivity contribution >= 4 is 29.4 Å². The number of thioether (sulfide) groups is 1. The van der Waals surface area contributed by atoms with Crippen LogP contribution in [-0.4, -0.2) is 60.2 Å². The number of urea groups is 1. The molecule has 6 heteroatoms. The van der Waals surface area contributed by atoms with Gasteiger partial charge in [0.1, 0.15) is 6.54 Å². The molecule has 0 spiro atoms. The molecule has 3 amide bonds. The second-order valence-electron chi connectivity index (χ2n) is 7.63. The minimum absolute atomic E-state index is 0.0541. The Morgan fingerprint density at radius 1 is 1.00 bits per heavy atom. The van der Waals surface area contributed by atoms with Crippen molar-refractivity contribution in [3.63, 3.8) is 0 Å². The zero-order chi connectivity index (χ0) is 20.2. The molecule has 2 aromatic carbocycles. The van der Waals surface area contributed by atoms with Crippen LogP contribution in [0.3, 0.4) is 0 Å². The van der Waals surface area contributed by atoms with Gasteiger partial charge in [-0.3, -0.25) is 9.69 Å². The van der Waals surface area contributed by atoms with E-state index in [1.165, 1.54) is 11.1 Å². The van der Waals surface area contributed by atoms with Crippen molar-refractivity contribution in [3.8, 4) is 0 Å². The zero-order valence-electron chi connectivity index (χ0n) is 16.8. The van der Waals surface area contributed by atoms with E-state index in [1.54, 1.807) is 9.80 Å². The van der Waals surface area contributed by atoms with E-state index in [-0.39, 0.29) is 18.5 Å². The fourth-order valence-corrected chi connectivity index (χ4v) is 5.14. The van der Waals surface area contributed by atoms with Crippen molar-refractivity contribution in [3.05, 3.63) is 65.7 Å². The second kappa shape index (κ2) is 8.91. The van der Waals surface area contributed by atoms with E-state index in [2.05, 4.69) is 24.3 Å². The van der Waals surface area contributed by atoms with E-state index < -0.39 is 0 Å². The Morgan fingerprint density at radius 3 is 2.52 bits per heavy atom. The van der Waals surface area contributed by atoms with Crippen molar-refractivity contribution < 1.29 is 9.59 Å². The summed E-state index contributed by atoms with van der Waals surface area (Å²) >= 11 is 1.92. The van der Waals surface area contributed by atoms with Crippen LogP contribution in [0.2, 0.25) is 0 Å². The predicted molar refractivity (Wildman–Crippen MR) is 118 cm³/mol. The van der Waals surface area contributed by atoms with E-state index in [0.29, 0.717) is 18.3 Å². The summed E-state index contributed by atoms with van der Waals surface area (Å²) < 4.78 is 0. The molecule has 2 aliphatic rings. The number of amides is 3. The lowest BCUT2D eigenvalue weighted by Gasteiger charge is -2.24. The van der Waals surface area contributed by atoms with Crippen molar-refractivity contribution in [2.24, 2.45) is 0 Å². The summed E-state index contributed by atoms with van der Waals surface area (Å²) in [5.41, 5.74) is 3.39. The number of carbonyl (C=O) groups excluding carboxylic acids is 2. The van der Waals surface area contributed by atoms with Crippen molar-refractivity contribution in [2.45, 2.75) is 18.6 Å². The number of hydrogen-bond donors (Lipinski definition) is 0. The summed E-state index contributed by atoms with van der Waals surface area (Å²) in [4.78, 5) is 31.0. The highest BCUT2D eigenvalue weighted by Crippen LogP contribution is 2.34. The number of anilines is 1. The molecule has 2 fully saturated rings. The monoisotopic (exact) mass is 409 g/mol. The van der Waals surface area contributed by atoms with Gasteiger partial charge in [-0.2, -0.15) is 11.8 Å². The SMILES string of the molecule is Cc1ccc(N2CCN(CC(=O)N3CCSC(c4ccccc4)CC3)C2=O)cc1. The van der Waals surface area contributed by atoms with Crippen LogP contribution in [0.5, 0.6) is 0 Å². The minimum atomic E-state index is -0.0754. The molecule has 1 atom stereocenters. The quantitative estimate of drug-likeness (QED) is 0.768. The Hall–Kier alpha value is -2.47. The van der Waals surface area contributed by atoms with E-state index in [4.69, 9.17) is 0 Å². The largest absolute Gasteiger partial charge is 0.340 e. The lowest BCUT2D eigenvalue weighted by molar-refractivity contribution is -0.131. The molecule has 0 aromatic heterocycles. The molecule has 2 heterocycles. The molecule has 29 heavy (non-hydrogen) atoms. The maximum absolute atomic E-state index is 12.9. The number of rotatable bonds is 4. The van der Waals surface area contributed by atoms with E-state index in [1.807, 2.05) is 53.9 Å². The first kappa shape index (κ1) is 19.8. The minimum Gasteiger partial charge on any atom is -0.340 e. The summed E-state index contributed by atoms with van der Waals surface area (Å²) in [5, 5.41) is 0.430. The normalized spacial score (nSPS) is 20.1. The number of nitrogens with zero attached hydrogens (tertiary/aromatic N) is 3. The van der Waals surface area contributed by atoms with Gasteiger partial charge in [-0.15, -0.1) is 0 Å². The van der Waals surface area contributed by atoms with Crippen LogP contribution in [0, 0.1) is 6.92 Å². The van der Waals surface area contributed by atoms with E-state index in [0.717, 1.165) is 31.0 Å².